The molecule has 0 saturated heterocycles. The normalized spacial score (nSPS) is 12.2. The van der Waals surface area contributed by atoms with E-state index >= 15 is 0 Å². The Morgan fingerprint density at radius 2 is 1.00 bits per heavy atom. The van der Waals surface area contributed by atoms with Crippen molar-refractivity contribution in [3.8, 4) is 0 Å². The molecule has 2 atom stereocenters. The number of unbranched alkanes of at least 4 members (excludes halogenated alkanes) is 25. The number of hydrogen-bond acceptors (Lipinski definition) is 9. The molecule has 56 heavy (non-hydrogen) atoms. The predicted octanol–water partition coefficient (Wildman–Crippen LogP) is 10.8. The van der Waals surface area contributed by atoms with Gasteiger partial charge >= 0.3 is 29.9 Å². The lowest BCUT2D eigenvalue weighted by atomic mass is 10.0. The molecular weight excluding hydrogens is 716 g/mol. The molecule has 0 aliphatic carbocycles. The third-order valence-corrected chi connectivity index (χ3v) is 10.2. The van der Waals surface area contributed by atoms with Crippen LogP contribution in [-0.4, -0.2) is 77.2 Å². The zero-order valence-electron chi connectivity index (χ0n) is 35.7. The molecule has 0 spiro atoms. The molecule has 0 aromatic rings. The van der Waals surface area contributed by atoms with E-state index in [1.807, 2.05) is 0 Å². The van der Waals surface area contributed by atoms with E-state index in [1.165, 1.54) is 128 Å². The van der Waals surface area contributed by atoms with E-state index in [1.54, 1.807) is 0 Å². The van der Waals surface area contributed by atoms with Gasteiger partial charge in [0.25, 0.3) is 0 Å². The molecule has 0 amide bonds. The Bertz CT molecular complexity index is 979. The summed E-state index contributed by atoms with van der Waals surface area (Å²) in [7, 11) is 0. The van der Waals surface area contributed by atoms with Crippen molar-refractivity contribution in [2.45, 2.75) is 231 Å². The zero-order chi connectivity index (χ0) is 41.3. The highest BCUT2D eigenvalue weighted by Gasteiger charge is 2.33. The smallest absolute Gasteiger partial charge is 0.481 e. The van der Waals surface area contributed by atoms with Gasteiger partial charge < -0.3 is 29.4 Å². The average Bonchev–Trinajstić information content (AvgIpc) is 3.17. The number of hydrogen-bond donors (Lipinski definition) is 2. The van der Waals surface area contributed by atoms with Gasteiger partial charge in [-0.15, -0.1) is 0 Å². The number of rotatable bonds is 43. The molecule has 3 N–H and O–H groups in total. The predicted molar refractivity (Wildman–Crippen MR) is 224 cm³/mol. The molecule has 0 aromatic heterocycles. The molecule has 0 aliphatic heterocycles. The summed E-state index contributed by atoms with van der Waals surface area (Å²) < 4.78 is 16.1. The average molecular weight is 800 g/mol. The lowest BCUT2D eigenvalue weighted by Crippen LogP contribution is -2.36. The number of ether oxygens (including phenoxy) is 3. The molecule has 0 aromatic carbocycles. The standard InChI is InChI=1S/C44H82N2O10/c1-3-5-7-8-9-10-11-12-13-14-15-16-20-23-26-29-32-43(50)56-39(38-55-44(51)40(46(52)53)33-34-41(47)48)37-54-42(49)31-28-25-22-19-17-18-21-24-27-30-36-45-35-6-4-2/h39-40,45H,3-38H2,1-2H3,(H,47,48)/p+1. The number of aliphatic carboxylic acids is 1. The van der Waals surface area contributed by atoms with Gasteiger partial charge in [0.15, 0.2) is 6.10 Å². The van der Waals surface area contributed by atoms with Crippen LogP contribution in [0.5, 0.6) is 0 Å². The van der Waals surface area contributed by atoms with Gasteiger partial charge in [0.05, 0.1) is 6.42 Å². The Morgan fingerprint density at radius 3 is 1.46 bits per heavy atom. The van der Waals surface area contributed by atoms with Crippen LogP contribution in [0, 0.1) is 10.1 Å². The van der Waals surface area contributed by atoms with E-state index in [0.29, 0.717) is 12.8 Å². The van der Waals surface area contributed by atoms with Gasteiger partial charge in [-0.25, -0.2) is 4.79 Å². The van der Waals surface area contributed by atoms with Crippen LogP contribution in [0.1, 0.15) is 219 Å². The van der Waals surface area contributed by atoms with Crippen LogP contribution < -0.4 is 5.32 Å². The molecule has 0 saturated carbocycles. The number of carbonyl (C=O) groups excluding carboxylic acids is 3. The summed E-state index contributed by atoms with van der Waals surface area (Å²) in [5.41, 5.74) is 0. The van der Waals surface area contributed by atoms with Crippen molar-refractivity contribution in [2.75, 3.05) is 26.3 Å². The molecule has 0 aliphatic rings. The number of carbonyl (C=O) groups is 3. The van der Waals surface area contributed by atoms with Crippen LogP contribution in [0.25, 0.3) is 0 Å². The molecule has 0 heterocycles. The van der Waals surface area contributed by atoms with Crippen LogP contribution in [0.3, 0.4) is 0 Å². The first-order chi connectivity index (χ1) is 27.2. The molecule has 2 unspecified atom stereocenters. The van der Waals surface area contributed by atoms with E-state index < -0.39 is 54.4 Å². The van der Waals surface area contributed by atoms with Crippen LogP contribution in [0.2, 0.25) is 0 Å². The van der Waals surface area contributed by atoms with Crippen LogP contribution in [0.4, 0.5) is 0 Å². The SMILES string of the molecule is CCCCCCCCCCCCCCCCCCC(=O)OC(COC(=O)C(CCC(=O)O)[N+](=O)[O-])COC(=[OH+])CCCCCCCCCCCCNCCCC. The van der Waals surface area contributed by atoms with E-state index in [0.717, 1.165) is 58.0 Å². The highest BCUT2D eigenvalue weighted by Crippen LogP contribution is 2.16. The third kappa shape index (κ3) is 36.9. The van der Waals surface area contributed by atoms with Gasteiger partial charge in [-0.05, 0) is 38.8 Å². The second kappa shape index (κ2) is 40.4. The maximum Gasteiger partial charge on any atom is 0.482 e. The lowest BCUT2D eigenvalue weighted by Gasteiger charge is -2.16. The van der Waals surface area contributed by atoms with E-state index in [9.17, 15) is 29.3 Å². The summed E-state index contributed by atoms with van der Waals surface area (Å²) in [5.74, 6) is -3.19. The van der Waals surface area contributed by atoms with Crippen molar-refractivity contribution in [3.05, 3.63) is 10.1 Å². The zero-order valence-corrected chi connectivity index (χ0v) is 35.7. The summed E-state index contributed by atoms with van der Waals surface area (Å²) in [6.45, 7) is 5.91. The minimum atomic E-state index is -1.85. The van der Waals surface area contributed by atoms with Crippen molar-refractivity contribution < 1.29 is 43.4 Å². The number of nitrogens with one attached hydrogen (secondary N) is 1. The second-order valence-corrected chi connectivity index (χ2v) is 15.6. The van der Waals surface area contributed by atoms with Gasteiger partial charge in [0, 0.05) is 17.8 Å². The fourth-order valence-corrected chi connectivity index (χ4v) is 6.65. The summed E-state index contributed by atoms with van der Waals surface area (Å²) in [6, 6.07) is -1.85. The number of nitrogens with zero attached hydrogens (tertiary/aromatic N) is 1. The Kier molecular flexibility index (Phi) is 38.4. The van der Waals surface area contributed by atoms with Crippen molar-refractivity contribution in [3.63, 3.8) is 0 Å². The van der Waals surface area contributed by atoms with Gasteiger partial charge in [-0.1, -0.05) is 168 Å². The molecule has 12 nitrogen and oxygen atoms in total. The van der Waals surface area contributed by atoms with Crippen LogP contribution in [0.15, 0.2) is 0 Å². The summed E-state index contributed by atoms with van der Waals surface area (Å²) in [4.78, 5) is 56.8. The summed E-state index contributed by atoms with van der Waals surface area (Å²) in [5, 5.41) is 23.7. The third-order valence-electron chi connectivity index (χ3n) is 10.2. The molecule has 0 rings (SSSR count). The molecule has 0 fully saturated rings. The van der Waals surface area contributed by atoms with Crippen molar-refractivity contribution in [1.82, 2.24) is 5.32 Å². The second-order valence-electron chi connectivity index (χ2n) is 15.6. The summed E-state index contributed by atoms with van der Waals surface area (Å²) in [6.07, 6.45) is 31.8. The quantitative estimate of drug-likeness (QED) is 0.0151. The topological polar surface area (TPSA) is 176 Å². The first kappa shape index (κ1) is 53.2. The highest BCUT2D eigenvalue weighted by atomic mass is 16.6. The Labute approximate surface area is 339 Å². The first-order valence-corrected chi connectivity index (χ1v) is 22.8. The van der Waals surface area contributed by atoms with E-state index in [-0.39, 0.29) is 19.0 Å². The molecule has 12 heteroatoms. The largest absolute Gasteiger partial charge is 0.482 e. The molecule has 0 radical (unpaired) electrons. The van der Waals surface area contributed by atoms with Crippen molar-refractivity contribution in [1.29, 1.82) is 0 Å². The number of carboxylic acids is 1. The Balaban J connectivity index is 4.39. The fourth-order valence-electron chi connectivity index (χ4n) is 6.65. The minimum absolute atomic E-state index is 0.172. The highest BCUT2D eigenvalue weighted by molar-refractivity contribution is 5.76. The fraction of sp³-hybridized carbons (Fsp3) is 0.909. The lowest BCUT2D eigenvalue weighted by molar-refractivity contribution is -0.511. The number of esters is 3. The van der Waals surface area contributed by atoms with E-state index in [2.05, 4.69) is 19.2 Å². The molecular formula is C44H83N2O10+. The number of carboxylic acid groups (broad SMARTS) is 1. The molecule has 0 bridgehead atoms. The van der Waals surface area contributed by atoms with Crippen LogP contribution in [-0.2, 0) is 28.6 Å². The van der Waals surface area contributed by atoms with Gasteiger partial charge in [0.2, 0.25) is 6.61 Å². The maximum absolute atomic E-state index is 12.7. The monoisotopic (exact) mass is 800 g/mol. The van der Waals surface area contributed by atoms with Crippen molar-refractivity contribution in [2.24, 2.45) is 0 Å². The van der Waals surface area contributed by atoms with Gasteiger partial charge in [0.1, 0.15) is 13.0 Å². The Hall–Kier alpha value is -2.76. The first-order valence-electron chi connectivity index (χ1n) is 22.8. The van der Waals surface area contributed by atoms with Gasteiger partial charge in [-0.2, -0.15) is 0 Å². The summed E-state index contributed by atoms with van der Waals surface area (Å²) >= 11 is 0. The Morgan fingerprint density at radius 1 is 0.589 bits per heavy atom. The van der Waals surface area contributed by atoms with Gasteiger partial charge in [-0.3, -0.25) is 19.7 Å². The maximum atomic E-state index is 12.7. The molecule has 328 valence electrons. The van der Waals surface area contributed by atoms with E-state index in [4.69, 9.17) is 19.3 Å². The van der Waals surface area contributed by atoms with Crippen LogP contribution >= 0.6 is 0 Å². The minimum Gasteiger partial charge on any atom is -0.481 e. The van der Waals surface area contributed by atoms with Crippen molar-refractivity contribution >= 4 is 23.9 Å². The number of nitro groups is 1.